The molecule has 0 spiro atoms. The Balaban J connectivity index is 0.000000182. The number of benzene rings is 5. The SMILES string of the molecule is CC(C)Cc1cc(-c2[c-]cccc2)ncc1[Si](C)(C)C.[2H]c1ccc2c(-c3nc4ccccc4n3-c3cccc4ccccc34)[c-]sc2c1.[Ir]. The molecule has 0 amide bonds. The molecule has 0 fully saturated rings. The van der Waals surface area contributed by atoms with Gasteiger partial charge in [0.1, 0.15) is 0 Å². The van der Waals surface area contributed by atoms with Crippen molar-refractivity contribution in [3.05, 3.63) is 145 Å². The summed E-state index contributed by atoms with van der Waals surface area (Å²) in [6, 6.07) is 42.9. The predicted molar refractivity (Wildman–Crippen MR) is 208 cm³/mol. The van der Waals surface area contributed by atoms with Gasteiger partial charge >= 0.3 is 0 Å². The van der Waals surface area contributed by atoms with Crippen LogP contribution in [0.3, 0.4) is 0 Å². The van der Waals surface area contributed by atoms with E-state index in [1.54, 1.807) is 11.3 Å². The summed E-state index contributed by atoms with van der Waals surface area (Å²) >= 11 is 1.54. The third-order valence-electron chi connectivity index (χ3n) is 8.56. The Kier molecular flexibility index (Phi) is 10.0. The van der Waals surface area contributed by atoms with Crippen LogP contribution in [0, 0.1) is 17.4 Å². The van der Waals surface area contributed by atoms with E-state index in [2.05, 4.69) is 133 Å². The molecule has 6 heteroatoms. The Morgan fingerprint density at radius 2 is 1.61 bits per heavy atom. The number of pyridine rings is 1. The molecule has 0 aliphatic rings. The van der Waals surface area contributed by atoms with Gasteiger partial charge in [0.25, 0.3) is 0 Å². The van der Waals surface area contributed by atoms with E-state index in [0.717, 1.165) is 55.9 Å². The van der Waals surface area contributed by atoms with Gasteiger partial charge in [-0.2, -0.15) is 0 Å². The number of hydrogen-bond donors (Lipinski definition) is 0. The summed E-state index contributed by atoms with van der Waals surface area (Å²) < 4.78 is 11.2. The predicted octanol–water partition coefficient (Wildman–Crippen LogP) is 11.2. The number of fused-ring (bicyclic) bond motifs is 3. The summed E-state index contributed by atoms with van der Waals surface area (Å²) in [7, 11) is -1.34. The van der Waals surface area contributed by atoms with Crippen molar-refractivity contribution in [2.45, 2.75) is 39.9 Å². The molecule has 247 valence electrons. The van der Waals surface area contributed by atoms with Crippen LogP contribution in [0.5, 0.6) is 0 Å². The second kappa shape index (κ2) is 14.7. The van der Waals surface area contributed by atoms with E-state index < -0.39 is 8.07 Å². The van der Waals surface area contributed by atoms with Crippen molar-refractivity contribution in [1.82, 2.24) is 14.5 Å². The minimum absolute atomic E-state index is 0. The summed E-state index contributed by atoms with van der Waals surface area (Å²) in [6.07, 6.45) is 3.24. The number of para-hydroxylation sites is 2. The fourth-order valence-corrected chi connectivity index (χ4v) is 8.76. The van der Waals surface area contributed by atoms with Gasteiger partial charge in [-0.05, 0) is 46.8 Å². The van der Waals surface area contributed by atoms with Crippen LogP contribution < -0.4 is 5.19 Å². The zero-order valence-corrected chi connectivity index (χ0v) is 32.6. The summed E-state index contributed by atoms with van der Waals surface area (Å²) in [4.78, 5) is 9.69. The zero-order chi connectivity index (χ0) is 34.1. The molecule has 0 atom stereocenters. The van der Waals surface area contributed by atoms with Crippen LogP contribution in [-0.2, 0) is 26.5 Å². The van der Waals surface area contributed by atoms with Crippen LogP contribution in [0.1, 0.15) is 20.8 Å². The van der Waals surface area contributed by atoms with E-state index in [1.165, 1.54) is 21.5 Å². The summed E-state index contributed by atoms with van der Waals surface area (Å²) in [5.41, 5.74) is 7.72. The van der Waals surface area contributed by atoms with Gasteiger partial charge in [-0.1, -0.05) is 127 Å². The Labute approximate surface area is 309 Å². The van der Waals surface area contributed by atoms with Crippen LogP contribution in [0.25, 0.3) is 60.2 Å². The number of nitrogens with zero attached hydrogens (tertiary/aromatic N) is 3. The molecular formula is C43H39IrN3SSi-2. The van der Waals surface area contributed by atoms with Gasteiger partial charge in [-0.15, -0.1) is 47.3 Å². The molecule has 8 aromatic rings. The molecule has 0 saturated carbocycles. The first-order valence-electron chi connectivity index (χ1n) is 17.0. The Morgan fingerprint density at radius 1 is 0.857 bits per heavy atom. The number of imidazole rings is 1. The molecular weight excluding hydrogens is 811 g/mol. The standard InChI is InChI=1S/C25H15N2S.C18H24NSi.Ir/c1-2-10-18-17(8-1)9-7-14-22(18)27-23-13-5-4-12-21(23)26-25(27)20-16-28-24-15-6-3-11-19(20)24;1-14(2)11-16-12-17(15-9-7-6-8-10-15)19-13-18(16)20(3,4)5;/h1-15H;6-9,12-14H,11H2,1-5H3;/q2*-1;/i6D;;. The minimum atomic E-state index is -1.34. The van der Waals surface area contributed by atoms with Crippen LogP contribution in [0.2, 0.25) is 19.6 Å². The molecule has 0 bridgehead atoms. The summed E-state index contributed by atoms with van der Waals surface area (Å²) in [6.45, 7) is 11.7. The van der Waals surface area contributed by atoms with Gasteiger partial charge in [0.2, 0.25) is 0 Å². The Bertz CT molecular complexity index is 2400. The first-order chi connectivity index (χ1) is 23.7. The van der Waals surface area contributed by atoms with Crippen molar-refractivity contribution in [3.63, 3.8) is 0 Å². The van der Waals surface area contributed by atoms with Crippen LogP contribution in [0.15, 0.2) is 128 Å². The Hall–Kier alpha value is -4.19. The first-order valence-corrected chi connectivity index (χ1v) is 20.8. The second-order valence-corrected chi connectivity index (χ2v) is 19.5. The molecule has 3 heterocycles. The molecule has 3 aromatic heterocycles. The van der Waals surface area contributed by atoms with E-state index >= 15 is 0 Å². The Morgan fingerprint density at radius 3 is 2.41 bits per heavy atom. The molecule has 49 heavy (non-hydrogen) atoms. The van der Waals surface area contributed by atoms with E-state index in [4.69, 9.17) is 6.35 Å². The molecule has 0 aliphatic heterocycles. The maximum absolute atomic E-state index is 7.92. The minimum Gasteiger partial charge on any atom is -0.333 e. The third-order valence-corrected chi connectivity index (χ3v) is 11.5. The normalized spacial score (nSPS) is 11.8. The average molecular weight is 851 g/mol. The zero-order valence-electron chi connectivity index (χ0n) is 29.4. The van der Waals surface area contributed by atoms with Crippen molar-refractivity contribution in [3.8, 4) is 28.3 Å². The molecule has 1 radical (unpaired) electrons. The number of rotatable bonds is 6. The first kappa shape index (κ1) is 33.3. The second-order valence-electron chi connectivity index (χ2n) is 13.6. The van der Waals surface area contributed by atoms with E-state index in [1.807, 2.05) is 42.5 Å². The largest absolute Gasteiger partial charge is 0.333 e. The number of thiophene rings is 1. The monoisotopic (exact) mass is 851 g/mol. The van der Waals surface area contributed by atoms with Gasteiger partial charge < -0.3 is 9.55 Å². The van der Waals surface area contributed by atoms with Gasteiger partial charge in [-0.25, -0.2) is 0 Å². The topological polar surface area (TPSA) is 30.7 Å². The smallest absolute Gasteiger partial charge is 0.0798 e. The summed E-state index contributed by atoms with van der Waals surface area (Å²) in [5.74, 6) is 1.55. The van der Waals surface area contributed by atoms with Gasteiger partial charge in [0.05, 0.1) is 26.3 Å². The molecule has 0 N–H and O–H groups in total. The molecule has 0 aliphatic carbocycles. The number of hydrogen-bond acceptors (Lipinski definition) is 3. The van der Waals surface area contributed by atoms with Crippen molar-refractivity contribution in [2.24, 2.45) is 5.92 Å². The van der Waals surface area contributed by atoms with Crippen molar-refractivity contribution in [2.75, 3.05) is 0 Å². The van der Waals surface area contributed by atoms with Crippen molar-refractivity contribution >= 4 is 56.5 Å². The molecule has 5 aromatic carbocycles. The van der Waals surface area contributed by atoms with Gasteiger partial charge in [-0.3, -0.25) is 16.3 Å². The van der Waals surface area contributed by atoms with Crippen LogP contribution in [-0.4, -0.2) is 22.6 Å². The molecule has 0 unspecified atom stereocenters. The quantitative estimate of drug-likeness (QED) is 0.123. The average Bonchev–Trinajstić information content (AvgIpc) is 3.69. The number of aromatic nitrogens is 3. The van der Waals surface area contributed by atoms with E-state index in [9.17, 15) is 0 Å². The fourth-order valence-electron chi connectivity index (χ4n) is 6.36. The maximum Gasteiger partial charge on any atom is 0.0798 e. The van der Waals surface area contributed by atoms with Crippen LogP contribution in [0.4, 0.5) is 0 Å². The van der Waals surface area contributed by atoms with Gasteiger partial charge in [0, 0.05) is 37.4 Å². The fraction of sp³-hybridized carbons (Fsp3) is 0.163. The van der Waals surface area contributed by atoms with Crippen LogP contribution >= 0.6 is 11.3 Å². The maximum atomic E-state index is 7.92. The third kappa shape index (κ3) is 7.24. The molecule has 8 rings (SSSR count). The summed E-state index contributed by atoms with van der Waals surface area (Å²) in [5, 5.41) is 8.42. The molecule has 3 nitrogen and oxygen atoms in total. The van der Waals surface area contributed by atoms with Crippen molar-refractivity contribution in [1.29, 1.82) is 0 Å². The van der Waals surface area contributed by atoms with Crippen molar-refractivity contribution < 1.29 is 21.5 Å². The molecule has 0 saturated heterocycles. The van der Waals surface area contributed by atoms with E-state index in [-0.39, 0.29) is 20.1 Å². The van der Waals surface area contributed by atoms with Gasteiger partial charge in [0.15, 0.2) is 0 Å². The van der Waals surface area contributed by atoms with E-state index in [0.29, 0.717) is 12.0 Å².